The maximum absolute atomic E-state index is 12.9. The lowest BCUT2D eigenvalue weighted by molar-refractivity contribution is -0.385. The first-order valence-electron chi connectivity index (χ1n) is 9.07. The topological polar surface area (TPSA) is 128 Å². The number of nitrogens with zero attached hydrogens (tertiary/aromatic N) is 2. The zero-order valence-corrected chi connectivity index (χ0v) is 17.3. The quantitative estimate of drug-likeness (QED) is 0.544. The summed E-state index contributed by atoms with van der Waals surface area (Å²) in [5, 5.41) is 13.7. The number of nitro benzene ring substituents is 1. The van der Waals surface area contributed by atoms with Crippen LogP contribution in [0, 0.1) is 17.0 Å². The minimum absolute atomic E-state index is 0.00209. The number of nitro groups is 1. The second-order valence-corrected chi connectivity index (χ2v) is 8.48. The first-order valence-corrected chi connectivity index (χ1v) is 10.5. The van der Waals surface area contributed by atoms with Crippen LogP contribution in [0.15, 0.2) is 41.3 Å². The lowest BCUT2D eigenvalue weighted by atomic mass is 10.1. The fraction of sp³-hybridized carbons (Fsp3) is 0.316. The highest BCUT2D eigenvalue weighted by atomic mass is 32.2. The molecule has 2 aromatic rings. The third-order valence-electron chi connectivity index (χ3n) is 4.77. The van der Waals surface area contributed by atoms with Gasteiger partial charge in [-0.15, -0.1) is 0 Å². The fourth-order valence-electron chi connectivity index (χ4n) is 3.11. The predicted octanol–water partition coefficient (Wildman–Crippen LogP) is 2.19. The molecule has 0 radical (unpaired) electrons. The van der Waals surface area contributed by atoms with Crippen molar-refractivity contribution in [1.82, 2.24) is 4.31 Å². The van der Waals surface area contributed by atoms with Crippen molar-refractivity contribution in [2.75, 3.05) is 38.7 Å². The lowest BCUT2D eigenvalue weighted by Crippen LogP contribution is -2.40. The van der Waals surface area contributed by atoms with Gasteiger partial charge in [0.1, 0.15) is 5.75 Å². The maximum Gasteiger partial charge on any atom is 0.274 e. The summed E-state index contributed by atoms with van der Waals surface area (Å²) < 4.78 is 37.5. The van der Waals surface area contributed by atoms with Crippen LogP contribution in [-0.4, -0.2) is 57.0 Å². The first kappa shape index (κ1) is 21.7. The average molecular weight is 435 g/mol. The Labute approximate surface area is 173 Å². The highest BCUT2D eigenvalue weighted by Gasteiger charge is 2.28. The monoisotopic (exact) mass is 435 g/mol. The van der Waals surface area contributed by atoms with Gasteiger partial charge < -0.3 is 14.8 Å². The van der Waals surface area contributed by atoms with E-state index in [1.54, 1.807) is 0 Å². The third-order valence-corrected chi connectivity index (χ3v) is 6.67. The SMILES string of the molecule is COc1ccc(S(=O)(=O)N2CCOCC2)cc1C(=O)Nc1cccc([N+](=O)[O-])c1C. The number of sulfonamides is 1. The number of hydrogen-bond acceptors (Lipinski definition) is 7. The number of carbonyl (C=O) groups is 1. The summed E-state index contributed by atoms with van der Waals surface area (Å²) in [6, 6.07) is 8.34. The Hall–Kier alpha value is -3.02. The van der Waals surface area contributed by atoms with Gasteiger partial charge in [-0.25, -0.2) is 8.42 Å². The molecule has 0 bridgehead atoms. The number of benzene rings is 2. The van der Waals surface area contributed by atoms with Crippen molar-refractivity contribution in [3.63, 3.8) is 0 Å². The number of anilines is 1. The molecule has 2 aromatic carbocycles. The standard InChI is InChI=1S/C19H21N3O7S/c1-13-16(4-3-5-17(13)22(24)25)20-19(23)15-12-14(6-7-18(15)28-2)30(26,27)21-8-10-29-11-9-21/h3-7,12H,8-11H2,1-2H3,(H,20,23). The van der Waals surface area contributed by atoms with Crippen LogP contribution >= 0.6 is 0 Å². The van der Waals surface area contributed by atoms with Gasteiger partial charge in [0.2, 0.25) is 10.0 Å². The summed E-state index contributed by atoms with van der Waals surface area (Å²) in [5.74, 6) is -0.467. The van der Waals surface area contributed by atoms with E-state index < -0.39 is 20.9 Å². The van der Waals surface area contributed by atoms with Gasteiger partial charge in [-0.1, -0.05) is 6.07 Å². The Morgan fingerprint density at radius 3 is 2.57 bits per heavy atom. The number of nitrogens with one attached hydrogen (secondary N) is 1. The molecule has 0 aromatic heterocycles. The molecule has 1 amide bonds. The van der Waals surface area contributed by atoms with Gasteiger partial charge in [0, 0.05) is 19.2 Å². The Morgan fingerprint density at radius 2 is 1.93 bits per heavy atom. The normalized spacial score (nSPS) is 14.9. The first-order chi connectivity index (χ1) is 14.3. The van der Waals surface area contributed by atoms with Crippen LogP contribution < -0.4 is 10.1 Å². The molecule has 1 aliphatic heterocycles. The van der Waals surface area contributed by atoms with Gasteiger partial charge in [-0.2, -0.15) is 4.31 Å². The minimum Gasteiger partial charge on any atom is -0.496 e. The smallest absolute Gasteiger partial charge is 0.274 e. The molecular formula is C19H21N3O7S. The molecule has 0 saturated carbocycles. The molecule has 1 saturated heterocycles. The Bertz CT molecular complexity index is 1080. The third kappa shape index (κ3) is 4.27. The number of amides is 1. The summed E-state index contributed by atoms with van der Waals surface area (Å²) in [5.41, 5.74) is 0.394. The maximum atomic E-state index is 12.9. The van der Waals surface area contributed by atoms with Gasteiger partial charge >= 0.3 is 0 Å². The number of ether oxygens (including phenoxy) is 2. The van der Waals surface area contributed by atoms with Gasteiger partial charge in [0.05, 0.1) is 47.0 Å². The molecule has 1 N–H and O–H groups in total. The van der Waals surface area contributed by atoms with Crippen LogP contribution in [-0.2, 0) is 14.8 Å². The highest BCUT2D eigenvalue weighted by Crippen LogP contribution is 2.29. The van der Waals surface area contributed by atoms with Crippen molar-refractivity contribution in [2.45, 2.75) is 11.8 Å². The van der Waals surface area contributed by atoms with E-state index in [1.165, 1.54) is 54.7 Å². The number of carbonyl (C=O) groups excluding carboxylic acids is 1. The average Bonchev–Trinajstić information content (AvgIpc) is 2.75. The summed E-state index contributed by atoms with van der Waals surface area (Å²) in [7, 11) is -2.45. The molecule has 160 valence electrons. The number of methoxy groups -OCH3 is 1. The Morgan fingerprint density at radius 1 is 1.23 bits per heavy atom. The number of hydrogen-bond donors (Lipinski definition) is 1. The summed E-state index contributed by atoms with van der Waals surface area (Å²) in [6.45, 7) is 2.57. The van der Waals surface area contributed by atoms with Gasteiger partial charge in [-0.3, -0.25) is 14.9 Å². The molecule has 10 nitrogen and oxygen atoms in total. The van der Waals surface area contributed by atoms with Gasteiger partial charge in [-0.05, 0) is 31.2 Å². The summed E-state index contributed by atoms with van der Waals surface area (Å²) in [4.78, 5) is 23.4. The lowest BCUT2D eigenvalue weighted by Gasteiger charge is -2.26. The van der Waals surface area contributed by atoms with E-state index >= 15 is 0 Å². The largest absolute Gasteiger partial charge is 0.496 e. The van der Waals surface area contributed by atoms with E-state index in [1.807, 2.05) is 0 Å². The predicted molar refractivity (Wildman–Crippen MR) is 108 cm³/mol. The zero-order valence-electron chi connectivity index (χ0n) is 16.5. The number of morpholine rings is 1. The number of rotatable bonds is 6. The van der Waals surface area contributed by atoms with Crippen molar-refractivity contribution in [3.05, 3.63) is 57.6 Å². The zero-order chi connectivity index (χ0) is 21.9. The fourth-order valence-corrected chi connectivity index (χ4v) is 4.54. The minimum atomic E-state index is -3.81. The Kier molecular flexibility index (Phi) is 6.34. The molecule has 1 aliphatic rings. The molecule has 3 rings (SSSR count). The summed E-state index contributed by atoms with van der Waals surface area (Å²) >= 11 is 0. The van der Waals surface area contributed by atoms with E-state index in [2.05, 4.69) is 5.32 Å². The van der Waals surface area contributed by atoms with E-state index in [0.29, 0.717) is 13.2 Å². The van der Waals surface area contributed by atoms with Crippen LogP contribution in [0.5, 0.6) is 5.75 Å². The van der Waals surface area contributed by atoms with Crippen LogP contribution in [0.1, 0.15) is 15.9 Å². The van der Waals surface area contributed by atoms with E-state index in [0.717, 1.165) is 0 Å². The molecule has 1 heterocycles. The summed E-state index contributed by atoms with van der Waals surface area (Å²) in [6.07, 6.45) is 0. The van der Waals surface area contributed by atoms with Gasteiger partial charge in [0.25, 0.3) is 11.6 Å². The molecule has 0 spiro atoms. The van der Waals surface area contributed by atoms with Crippen molar-refractivity contribution >= 4 is 27.3 Å². The van der Waals surface area contributed by atoms with Gasteiger partial charge in [0.15, 0.2) is 0 Å². The van der Waals surface area contributed by atoms with Crippen LogP contribution in [0.3, 0.4) is 0 Å². The molecule has 1 fully saturated rings. The second-order valence-electron chi connectivity index (χ2n) is 6.54. The van der Waals surface area contributed by atoms with Crippen molar-refractivity contribution in [3.8, 4) is 5.75 Å². The van der Waals surface area contributed by atoms with Crippen molar-refractivity contribution in [1.29, 1.82) is 0 Å². The molecule has 30 heavy (non-hydrogen) atoms. The van der Waals surface area contributed by atoms with E-state index in [4.69, 9.17) is 9.47 Å². The highest BCUT2D eigenvalue weighted by molar-refractivity contribution is 7.89. The second kappa shape index (κ2) is 8.78. The molecular weight excluding hydrogens is 414 g/mol. The molecule has 0 aliphatic carbocycles. The Balaban J connectivity index is 1.95. The molecule has 11 heteroatoms. The van der Waals surface area contributed by atoms with Crippen LogP contribution in [0.4, 0.5) is 11.4 Å². The van der Waals surface area contributed by atoms with Crippen LogP contribution in [0.25, 0.3) is 0 Å². The van der Waals surface area contributed by atoms with E-state index in [9.17, 15) is 23.3 Å². The van der Waals surface area contributed by atoms with Crippen LogP contribution in [0.2, 0.25) is 0 Å². The van der Waals surface area contributed by atoms with Crippen molar-refractivity contribution < 1.29 is 27.6 Å². The molecule has 0 atom stereocenters. The van der Waals surface area contributed by atoms with Crippen molar-refractivity contribution in [2.24, 2.45) is 0 Å². The molecule has 0 unspecified atom stereocenters. The van der Waals surface area contributed by atoms with E-state index in [-0.39, 0.29) is 46.2 Å².